The summed E-state index contributed by atoms with van der Waals surface area (Å²) in [4.78, 5) is 11.4. The van der Waals surface area contributed by atoms with Crippen molar-refractivity contribution in [1.29, 1.82) is 0 Å². The number of carbonyl (C=O) groups is 1. The lowest BCUT2D eigenvalue weighted by Crippen LogP contribution is -2.56. The summed E-state index contributed by atoms with van der Waals surface area (Å²) in [5, 5.41) is 3.13. The molecule has 0 radical (unpaired) electrons. The maximum Gasteiger partial charge on any atom is 0.217 e. The fourth-order valence-corrected chi connectivity index (χ4v) is 2.12. The Labute approximate surface area is 101 Å². The van der Waals surface area contributed by atoms with Gasteiger partial charge in [0.25, 0.3) is 0 Å². The molecule has 0 aromatic rings. The molecule has 0 saturated heterocycles. The molecule has 0 aliphatic carbocycles. The van der Waals surface area contributed by atoms with Gasteiger partial charge in [-0.3, -0.25) is 4.79 Å². The first kappa shape index (κ1) is 15.5. The van der Waals surface area contributed by atoms with Gasteiger partial charge in [0, 0.05) is 13.0 Å². The molecule has 96 valence electrons. The number of nitrogens with one attached hydrogen (secondary N) is 1. The van der Waals surface area contributed by atoms with E-state index < -0.39 is 0 Å². The lowest BCUT2D eigenvalue weighted by atomic mass is 9.59. The van der Waals surface area contributed by atoms with Crippen LogP contribution in [-0.2, 0) is 4.79 Å². The third kappa shape index (κ3) is 3.50. The Bertz CT molecular complexity index is 253. The van der Waals surface area contributed by atoms with Gasteiger partial charge in [-0.05, 0) is 16.2 Å². The molecule has 0 fully saturated rings. The van der Waals surface area contributed by atoms with Crippen LogP contribution in [0.25, 0.3) is 0 Å². The minimum absolute atomic E-state index is 0.0386. The highest BCUT2D eigenvalue weighted by molar-refractivity contribution is 5.73. The first-order valence-corrected chi connectivity index (χ1v) is 6.07. The van der Waals surface area contributed by atoms with Crippen LogP contribution < -0.4 is 5.32 Å². The van der Waals surface area contributed by atoms with Crippen LogP contribution in [0.3, 0.4) is 0 Å². The van der Waals surface area contributed by atoms with Gasteiger partial charge in [0.15, 0.2) is 0 Å². The highest BCUT2D eigenvalue weighted by atomic mass is 16.1. The molecular weight excluding hydrogens is 198 g/mol. The smallest absolute Gasteiger partial charge is 0.217 e. The van der Waals surface area contributed by atoms with Crippen molar-refractivity contribution in [2.75, 3.05) is 0 Å². The zero-order valence-corrected chi connectivity index (χ0v) is 12.5. The molecule has 16 heavy (non-hydrogen) atoms. The predicted molar refractivity (Wildman–Crippen MR) is 70.3 cm³/mol. The highest BCUT2D eigenvalue weighted by Gasteiger charge is 2.45. The minimum Gasteiger partial charge on any atom is -0.353 e. The van der Waals surface area contributed by atoms with Gasteiger partial charge < -0.3 is 5.32 Å². The van der Waals surface area contributed by atoms with Crippen LogP contribution in [0.1, 0.15) is 62.3 Å². The van der Waals surface area contributed by atoms with E-state index in [2.05, 4.69) is 60.7 Å². The summed E-state index contributed by atoms with van der Waals surface area (Å²) >= 11 is 0. The Kier molecular flexibility index (Phi) is 4.24. The second kappa shape index (κ2) is 4.38. The Hall–Kier alpha value is -0.530. The molecule has 0 aromatic heterocycles. The van der Waals surface area contributed by atoms with Crippen LogP contribution in [-0.4, -0.2) is 11.9 Å². The maximum atomic E-state index is 11.4. The molecule has 0 bridgehead atoms. The van der Waals surface area contributed by atoms with Crippen molar-refractivity contribution in [3.05, 3.63) is 0 Å². The first-order valence-electron chi connectivity index (χ1n) is 6.07. The van der Waals surface area contributed by atoms with Gasteiger partial charge in [0.1, 0.15) is 0 Å². The monoisotopic (exact) mass is 227 g/mol. The van der Waals surface area contributed by atoms with E-state index in [1.165, 1.54) is 0 Å². The van der Waals surface area contributed by atoms with E-state index in [0.29, 0.717) is 0 Å². The lowest BCUT2D eigenvalue weighted by Gasteiger charge is -2.50. The molecule has 0 heterocycles. The summed E-state index contributed by atoms with van der Waals surface area (Å²) < 4.78 is 0. The topological polar surface area (TPSA) is 29.1 Å². The van der Waals surface area contributed by atoms with Crippen molar-refractivity contribution in [1.82, 2.24) is 5.32 Å². The van der Waals surface area contributed by atoms with Gasteiger partial charge in [0.2, 0.25) is 5.91 Å². The van der Waals surface area contributed by atoms with E-state index in [-0.39, 0.29) is 28.2 Å². The quantitative estimate of drug-likeness (QED) is 0.767. The number of hydrogen-bond donors (Lipinski definition) is 1. The molecule has 2 nitrogen and oxygen atoms in total. The average molecular weight is 227 g/mol. The molecule has 1 atom stereocenters. The molecule has 0 aromatic carbocycles. The highest BCUT2D eigenvalue weighted by Crippen LogP contribution is 2.46. The molecule has 0 aliphatic rings. The molecular formula is C14H29NO. The lowest BCUT2D eigenvalue weighted by molar-refractivity contribution is -0.122. The fraction of sp³-hybridized carbons (Fsp3) is 0.929. The Morgan fingerprint density at radius 3 is 1.50 bits per heavy atom. The van der Waals surface area contributed by atoms with E-state index in [4.69, 9.17) is 0 Å². The van der Waals surface area contributed by atoms with Crippen molar-refractivity contribution in [2.45, 2.75) is 68.4 Å². The molecule has 0 saturated carbocycles. The Morgan fingerprint density at radius 1 is 0.938 bits per heavy atom. The zero-order valence-electron chi connectivity index (χ0n) is 12.5. The average Bonchev–Trinajstić information content (AvgIpc) is 1.95. The standard InChI is InChI=1S/C14H29NO/c1-10(16)15-11(12(2,3)4)14(8,9)13(5,6)7/h11H,1-9H3,(H,15,16). The summed E-state index contributed by atoms with van der Waals surface area (Å²) in [7, 11) is 0. The summed E-state index contributed by atoms with van der Waals surface area (Å²) in [6.07, 6.45) is 0. The largest absolute Gasteiger partial charge is 0.353 e. The maximum absolute atomic E-state index is 11.4. The van der Waals surface area contributed by atoms with Crippen LogP contribution in [0, 0.1) is 16.2 Å². The van der Waals surface area contributed by atoms with Gasteiger partial charge in [-0.25, -0.2) is 0 Å². The summed E-state index contributed by atoms with van der Waals surface area (Å²) in [5.41, 5.74) is 0.243. The predicted octanol–water partition coefficient (Wildman–Crippen LogP) is 3.61. The van der Waals surface area contributed by atoms with Crippen molar-refractivity contribution in [3.63, 3.8) is 0 Å². The molecule has 0 spiro atoms. The normalized spacial score (nSPS) is 15.8. The summed E-state index contributed by atoms with van der Waals surface area (Å²) in [6.45, 7) is 19.3. The van der Waals surface area contributed by atoms with E-state index in [1.54, 1.807) is 6.92 Å². The second-order valence-electron chi connectivity index (χ2n) is 7.47. The van der Waals surface area contributed by atoms with E-state index in [1.807, 2.05) is 0 Å². The van der Waals surface area contributed by atoms with Crippen molar-refractivity contribution in [3.8, 4) is 0 Å². The third-order valence-electron chi connectivity index (χ3n) is 3.87. The summed E-state index contributed by atoms with van der Waals surface area (Å²) in [6, 6.07) is 0.164. The van der Waals surface area contributed by atoms with Gasteiger partial charge in [0.05, 0.1) is 0 Å². The third-order valence-corrected chi connectivity index (χ3v) is 3.87. The van der Waals surface area contributed by atoms with Crippen LogP contribution in [0.15, 0.2) is 0 Å². The Morgan fingerprint density at radius 2 is 1.31 bits per heavy atom. The van der Waals surface area contributed by atoms with E-state index in [0.717, 1.165) is 0 Å². The number of carbonyl (C=O) groups excluding carboxylic acids is 1. The van der Waals surface area contributed by atoms with Gasteiger partial charge in [-0.15, -0.1) is 0 Å². The van der Waals surface area contributed by atoms with Gasteiger partial charge in [-0.1, -0.05) is 55.4 Å². The van der Waals surface area contributed by atoms with Crippen molar-refractivity contribution in [2.24, 2.45) is 16.2 Å². The van der Waals surface area contributed by atoms with Crippen LogP contribution in [0.5, 0.6) is 0 Å². The number of amides is 1. The van der Waals surface area contributed by atoms with Crippen LogP contribution in [0.4, 0.5) is 0 Å². The van der Waals surface area contributed by atoms with Crippen LogP contribution >= 0.6 is 0 Å². The van der Waals surface area contributed by atoms with Crippen molar-refractivity contribution >= 4 is 5.91 Å². The molecule has 2 heteroatoms. The number of rotatable bonds is 2. The molecule has 1 unspecified atom stereocenters. The first-order chi connectivity index (χ1) is 6.80. The fourth-order valence-electron chi connectivity index (χ4n) is 2.12. The van der Waals surface area contributed by atoms with E-state index >= 15 is 0 Å². The Balaban J connectivity index is 5.27. The van der Waals surface area contributed by atoms with Gasteiger partial charge >= 0.3 is 0 Å². The molecule has 1 N–H and O–H groups in total. The van der Waals surface area contributed by atoms with Gasteiger partial charge in [-0.2, -0.15) is 0 Å². The van der Waals surface area contributed by atoms with E-state index in [9.17, 15) is 4.79 Å². The SMILES string of the molecule is CC(=O)NC(C(C)(C)C)C(C)(C)C(C)(C)C. The minimum atomic E-state index is 0.0386. The number of hydrogen-bond acceptors (Lipinski definition) is 1. The molecule has 1 amide bonds. The zero-order chi connectivity index (χ0) is 13.4. The molecule has 0 rings (SSSR count). The summed E-state index contributed by atoms with van der Waals surface area (Å²) in [5.74, 6) is 0.0530. The van der Waals surface area contributed by atoms with Crippen molar-refractivity contribution < 1.29 is 4.79 Å². The second-order valence-corrected chi connectivity index (χ2v) is 7.47. The van der Waals surface area contributed by atoms with Crippen LogP contribution in [0.2, 0.25) is 0 Å². The molecule has 0 aliphatic heterocycles.